The molecular weight excluding hydrogens is 327 g/mol. The fraction of sp³-hybridized carbons (Fsp3) is 0.231. The van der Waals surface area contributed by atoms with Crippen molar-refractivity contribution < 1.29 is 13.2 Å². The number of alkyl halides is 3. The largest absolute Gasteiger partial charge is 0.433 e. The molecule has 2 N–H and O–H groups in total. The van der Waals surface area contributed by atoms with Crippen LogP contribution in [0.3, 0.4) is 0 Å². The van der Waals surface area contributed by atoms with Gasteiger partial charge in [0.05, 0.1) is 17.6 Å². The van der Waals surface area contributed by atoms with Gasteiger partial charge in [-0.2, -0.15) is 28.1 Å². The van der Waals surface area contributed by atoms with E-state index < -0.39 is 17.4 Å². The molecule has 0 saturated carbocycles. The summed E-state index contributed by atoms with van der Waals surface area (Å²) in [5, 5.41) is 11.0. The van der Waals surface area contributed by atoms with Crippen molar-refractivity contribution in [3.05, 3.63) is 46.3 Å². The Morgan fingerprint density at radius 1 is 1.29 bits per heavy atom. The van der Waals surface area contributed by atoms with Crippen LogP contribution in [0.5, 0.6) is 0 Å². The summed E-state index contributed by atoms with van der Waals surface area (Å²) < 4.78 is 41.2. The number of aryl methyl sites for hydroxylation is 2. The lowest BCUT2D eigenvalue weighted by Gasteiger charge is -2.10. The number of nitrogens with one attached hydrogen (secondary N) is 2. The summed E-state index contributed by atoms with van der Waals surface area (Å²) in [6, 6.07) is 2.00. The Kier molecular flexibility index (Phi) is 3.62. The molecule has 0 radical (unpaired) electrons. The van der Waals surface area contributed by atoms with Crippen LogP contribution in [0.1, 0.15) is 11.4 Å². The molecule has 3 heterocycles. The summed E-state index contributed by atoms with van der Waals surface area (Å²) in [6.07, 6.45) is -1.52. The maximum atomic E-state index is 12.8. The van der Waals surface area contributed by atoms with Gasteiger partial charge in [-0.05, 0) is 6.92 Å². The van der Waals surface area contributed by atoms with Gasteiger partial charge in [0.15, 0.2) is 5.69 Å². The molecule has 11 heteroatoms. The number of H-pyrrole nitrogens is 1. The van der Waals surface area contributed by atoms with Crippen molar-refractivity contribution >= 4 is 11.5 Å². The minimum atomic E-state index is -4.73. The molecule has 126 valence electrons. The molecule has 0 atom stereocenters. The van der Waals surface area contributed by atoms with Gasteiger partial charge in [0.1, 0.15) is 5.82 Å². The van der Waals surface area contributed by atoms with Crippen LogP contribution in [0, 0.1) is 6.92 Å². The minimum Gasteiger partial charge on any atom is -0.337 e. The summed E-state index contributed by atoms with van der Waals surface area (Å²) >= 11 is 0. The maximum Gasteiger partial charge on any atom is 0.433 e. The van der Waals surface area contributed by atoms with Crippen LogP contribution in [0.4, 0.5) is 24.7 Å². The topological polar surface area (TPSA) is 93.4 Å². The van der Waals surface area contributed by atoms with Gasteiger partial charge in [0.2, 0.25) is 5.95 Å². The quantitative estimate of drug-likeness (QED) is 0.758. The summed E-state index contributed by atoms with van der Waals surface area (Å²) in [5.41, 5.74) is -1.08. The monoisotopic (exact) mass is 339 g/mol. The van der Waals surface area contributed by atoms with Crippen LogP contribution < -0.4 is 10.9 Å². The van der Waals surface area contributed by atoms with Gasteiger partial charge >= 0.3 is 6.18 Å². The molecule has 0 aliphatic carbocycles. The lowest BCUT2D eigenvalue weighted by Crippen LogP contribution is -2.20. The molecule has 0 aliphatic heterocycles. The number of rotatable bonds is 3. The first-order chi connectivity index (χ1) is 11.2. The highest BCUT2D eigenvalue weighted by atomic mass is 19.4. The Hall–Kier alpha value is -3.11. The number of nitrogens with zero attached hydrogens (tertiary/aromatic N) is 5. The second-order valence-electron chi connectivity index (χ2n) is 5.06. The van der Waals surface area contributed by atoms with Crippen molar-refractivity contribution in [2.45, 2.75) is 13.1 Å². The van der Waals surface area contributed by atoms with Gasteiger partial charge in [0, 0.05) is 25.4 Å². The molecule has 0 aliphatic rings. The molecule has 0 unspecified atom stereocenters. The third-order valence-electron chi connectivity index (χ3n) is 3.03. The first-order valence-corrected chi connectivity index (χ1v) is 6.73. The van der Waals surface area contributed by atoms with E-state index in [4.69, 9.17) is 0 Å². The van der Waals surface area contributed by atoms with Crippen molar-refractivity contribution in [2.75, 3.05) is 5.32 Å². The average Bonchev–Trinajstić information content (AvgIpc) is 3.03. The van der Waals surface area contributed by atoms with E-state index in [-0.39, 0.29) is 5.95 Å². The van der Waals surface area contributed by atoms with Crippen molar-refractivity contribution in [1.29, 1.82) is 0 Å². The summed E-state index contributed by atoms with van der Waals surface area (Å²) in [6.45, 7) is 1.66. The van der Waals surface area contributed by atoms with Crippen LogP contribution >= 0.6 is 0 Å². The van der Waals surface area contributed by atoms with Gasteiger partial charge < -0.3 is 5.32 Å². The van der Waals surface area contributed by atoms with E-state index in [9.17, 15) is 18.0 Å². The minimum absolute atomic E-state index is 0.336. The second-order valence-corrected chi connectivity index (χ2v) is 5.06. The molecule has 0 fully saturated rings. The van der Waals surface area contributed by atoms with Crippen molar-refractivity contribution in [3.8, 4) is 5.95 Å². The number of hydrogen-bond donors (Lipinski definition) is 2. The predicted octanol–water partition coefficient (Wildman–Crippen LogP) is 1.76. The molecule has 24 heavy (non-hydrogen) atoms. The van der Waals surface area contributed by atoms with Crippen LogP contribution in [0.2, 0.25) is 0 Å². The zero-order valence-electron chi connectivity index (χ0n) is 12.6. The molecule has 3 aromatic rings. The molecule has 0 bridgehead atoms. The Balaban J connectivity index is 2.07. The van der Waals surface area contributed by atoms with E-state index >= 15 is 0 Å². The predicted molar refractivity (Wildman–Crippen MR) is 78.2 cm³/mol. The van der Waals surface area contributed by atoms with E-state index in [2.05, 4.69) is 25.5 Å². The zero-order chi connectivity index (χ0) is 17.5. The van der Waals surface area contributed by atoms with E-state index in [1.807, 2.05) is 0 Å². The van der Waals surface area contributed by atoms with Gasteiger partial charge in [-0.3, -0.25) is 14.5 Å². The molecule has 0 aromatic carbocycles. The van der Waals surface area contributed by atoms with Crippen molar-refractivity contribution in [3.63, 3.8) is 0 Å². The maximum absolute atomic E-state index is 12.8. The third kappa shape index (κ3) is 3.14. The van der Waals surface area contributed by atoms with Gasteiger partial charge in [-0.1, -0.05) is 0 Å². The van der Waals surface area contributed by atoms with Crippen molar-refractivity contribution in [2.24, 2.45) is 7.05 Å². The fourth-order valence-corrected chi connectivity index (χ4v) is 2.07. The Labute approximate surface area is 133 Å². The van der Waals surface area contributed by atoms with E-state index in [1.54, 1.807) is 30.9 Å². The normalized spacial score (nSPS) is 11.7. The van der Waals surface area contributed by atoms with E-state index in [0.29, 0.717) is 23.3 Å². The smallest absolute Gasteiger partial charge is 0.337 e. The van der Waals surface area contributed by atoms with E-state index in [1.165, 1.54) is 6.20 Å². The molecule has 0 amide bonds. The Bertz CT molecular complexity index is 938. The highest BCUT2D eigenvalue weighted by Gasteiger charge is 2.33. The van der Waals surface area contributed by atoms with Crippen LogP contribution in [0.15, 0.2) is 29.3 Å². The van der Waals surface area contributed by atoms with Gasteiger partial charge in [0.25, 0.3) is 5.56 Å². The highest BCUT2D eigenvalue weighted by molar-refractivity contribution is 5.56. The number of aromatic nitrogens is 6. The highest BCUT2D eigenvalue weighted by Crippen LogP contribution is 2.27. The summed E-state index contributed by atoms with van der Waals surface area (Å²) in [4.78, 5) is 17.2. The average molecular weight is 339 g/mol. The molecule has 0 saturated heterocycles. The first-order valence-electron chi connectivity index (χ1n) is 6.73. The fourth-order valence-electron chi connectivity index (χ4n) is 2.07. The number of halogens is 3. The van der Waals surface area contributed by atoms with Gasteiger partial charge in [-0.15, -0.1) is 0 Å². The molecule has 8 nitrogen and oxygen atoms in total. The first kappa shape index (κ1) is 15.8. The number of hydrogen-bond acceptors (Lipinski definition) is 5. The third-order valence-corrected chi connectivity index (χ3v) is 3.03. The summed E-state index contributed by atoms with van der Waals surface area (Å²) in [7, 11) is 1.72. The van der Waals surface area contributed by atoms with Crippen LogP contribution in [0.25, 0.3) is 5.95 Å². The molecular formula is C13H12F3N7O. The van der Waals surface area contributed by atoms with Crippen LogP contribution in [-0.2, 0) is 13.2 Å². The van der Waals surface area contributed by atoms with Crippen molar-refractivity contribution in [1.82, 2.24) is 29.5 Å². The van der Waals surface area contributed by atoms with Crippen LogP contribution in [-0.4, -0.2) is 29.5 Å². The standard InChI is InChI=1S/C13H12F3N7O/c1-7-3-10(18-8-5-17-22(2)6-8)23(21-7)12-19-9(13(14,15)16)4-11(24)20-12/h3-6,18H,1-2H3,(H,19,20,24). The SMILES string of the molecule is Cc1cc(Nc2cnn(C)c2)n(-c2nc(C(F)(F)F)cc(=O)[nH]2)n1. The van der Waals surface area contributed by atoms with E-state index in [0.717, 1.165) is 4.68 Å². The Morgan fingerprint density at radius 3 is 2.67 bits per heavy atom. The zero-order valence-corrected chi connectivity index (χ0v) is 12.6. The molecule has 0 spiro atoms. The number of aromatic amines is 1. The lowest BCUT2D eigenvalue weighted by atomic mass is 10.4. The second kappa shape index (κ2) is 5.51. The number of anilines is 2. The Morgan fingerprint density at radius 2 is 2.04 bits per heavy atom. The summed E-state index contributed by atoms with van der Waals surface area (Å²) in [5.74, 6) is -0.00251. The molecule has 3 aromatic heterocycles. The molecule has 3 rings (SSSR count). The lowest BCUT2D eigenvalue weighted by molar-refractivity contribution is -0.141. The van der Waals surface area contributed by atoms with Gasteiger partial charge in [-0.25, -0.2) is 4.98 Å².